The van der Waals surface area contributed by atoms with Gasteiger partial charge < -0.3 is 4.90 Å². The maximum absolute atomic E-state index is 3.54. The fraction of sp³-hybridized carbons (Fsp3) is 0. The second-order valence-corrected chi connectivity index (χ2v) is 9.67. The minimum absolute atomic E-state index is 1.09. The summed E-state index contributed by atoms with van der Waals surface area (Å²) in [5, 5.41) is 5.10. The predicted octanol–water partition coefficient (Wildman–Crippen LogP) is 9.87. The van der Waals surface area contributed by atoms with Crippen molar-refractivity contribution in [2.24, 2.45) is 0 Å². The Hall–Kier alpha value is -3.88. The number of fused-ring (bicyclic) bond motifs is 4. The van der Waals surface area contributed by atoms with Crippen molar-refractivity contribution in [3.63, 3.8) is 0 Å². The average Bonchev–Trinajstić information content (AvgIpc) is 2.90. The molecule has 2 heteroatoms. The predicted molar refractivity (Wildman–Crippen MR) is 148 cm³/mol. The standard InChI is InChI=1S/C32H20BrN/c33-25-16-11-21(12-17-25)22-13-18-26(19-14-22)34-30-10-4-7-24-6-3-9-28(31(24)30)29-20-15-23-5-1-2-8-27(23)32(29)34/h1-20H. The summed E-state index contributed by atoms with van der Waals surface area (Å²) in [6.45, 7) is 0. The van der Waals surface area contributed by atoms with Gasteiger partial charge in [0, 0.05) is 26.5 Å². The van der Waals surface area contributed by atoms with Gasteiger partial charge in [-0.3, -0.25) is 0 Å². The molecule has 1 aliphatic rings. The quantitative estimate of drug-likeness (QED) is 0.229. The van der Waals surface area contributed by atoms with Crippen molar-refractivity contribution < 1.29 is 0 Å². The summed E-state index contributed by atoms with van der Waals surface area (Å²) in [6.07, 6.45) is 0. The largest absolute Gasteiger partial charge is 0.309 e. The molecule has 0 aromatic heterocycles. The number of nitrogens with zero attached hydrogens (tertiary/aromatic N) is 1. The van der Waals surface area contributed by atoms with Crippen LogP contribution in [0.1, 0.15) is 0 Å². The highest BCUT2D eigenvalue weighted by Crippen LogP contribution is 2.53. The molecule has 1 heterocycles. The summed E-state index contributed by atoms with van der Waals surface area (Å²) in [6, 6.07) is 43.9. The fourth-order valence-electron chi connectivity index (χ4n) is 5.28. The molecular formula is C32H20BrN. The third-order valence-electron chi connectivity index (χ3n) is 6.84. The van der Waals surface area contributed by atoms with Crippen molar-refractivity contribution in [1.82, 2.24) is 0 Å². The lowest BCUT2D eigenvalue weighted by atomic mass is 9.88. The summed E-state index contributed by atoms with van der Waals surface area (Å²) in [4.78, 5) is 2.44. The van der Waals surface area contributed by atoms with E-state index >= 15 is 0 Å². The molecule has 0 fully saturated rings. The fourth-order valence-corrected chi connectivity index (χ4v) is 5.54. The smallest absolute Gasteiger partial charge is 0.0618 e. The van der Waals surface area contributed by atoms with Gasteiger partial charge in [-0.2, -0.15) is 0 Å². The topological polar surface area (TPSA) is 3.24 Å². The van der Waals surface area contributed by atoms with E-state index in [0.29, 0.717) is 0 Å². The van der Waals surface area contributed by atoms with Crippen molar-refractivity contribution in [3.8, 4) is 22.3 Å². The molecular weight excluding hydrogens is 478 g/mol. The summed E-state index contributed by atoms with van der Waals surface area (Å²) in [5.74, 6) is 0. The van der Waals surface area contributed by atoms with Gasteiger partial charge in [0.25, 0.3) is 0 Å². The molecule has 0 saturated heterocycles. The van der Waals surface area contributed by atoms with E-state index in [1.54, 1.807) is 0 Å². The average molecular weight is 498 g/mol. The molecule has 0 aliphatic carbocycles. The highest BCUT2D eigenvalue weighted by atomic mass is 79.9. The Morgan fingerprint density at radius 1 is 0.500 bits per heavy atom. The van der Waals surface area contributed by atoms with E-state index in [-0.39, 0.29) is 0 Å². The van der Waals surface area contributed by atoms with Crippen LogP contribution in [0.4, 0.5) is 17.1 Å². The lowest BCUT2D eigenvalue weighted by molar-refractivity contribution is 1.30. The minimum Gasteiger partial charge on any atom is -0.309 e. The van der Waals surface area contributed by atoms with Crippen LogP contribution in [0.25, 0.3) is 43.8 Å². The first kappa shape index (κ1) is 19.6. The molecule has 1 aliphatic heterocycles. The van der Waals surface area contributed by atoms with Crippen molar-refractivity contribution in [2.75, 3.05) is 4.90 Å². The highest BCUT2D eigenvalue weighted by Gasteiger charge is 2.27. The van der Waals surface area contributed by atoms with Gasteiger partial charge in [0.2, 0.25) is 0 Å². The Labute approximate surface area is 207 Å². The molecule has 6 aromatic rings. The Bertz CT molecular complexity index is 1690. The van der Waals surface area contributed by atoms with E-state index in [0.717, 1.165) is 4.47 Å². The van der Waals surface area contributed by atoms with Crippen LogP contribution in [0.3, 0.4) is 0 Å². The van der Waals surface area contributed by atoms with Crippen LogP contribution in [-0.2, 0) is 0 Å². The zero-order valence-corrected chi connectivity index (χ0v) is 20.0. The van der Waals surface area contributed by atoms with E-state index in [1.165, 1.54) is 60.9 Å². The van der Waals surface area contributed by atoms with Crippen molar-refractivity contribution >= 4 is 54.5 Å². The Morgan fingerprint density at radius 2 is 1.18 bits per heavy atom. The maximum Gasteiger partial charge on any atom is 0.0618 e. The zero-order valence-electron chi connectivity index (χ0n) is 18.4. The number of anilines is 3. The molecule has 160 valence electrons. The van der Waals surface area contributed by atoms with Gasteiger partial charge >= 0.3 is 0 Å². The Morgan fingerprint density at radius 3 is 1.97 bits per heavy atom. The minimum atomic E-state index is 1.09. The van der Waals surface area contributed by atoms with E-state index in [2.05, 4.69) is 142 Å². The number of benzene rings is 6. The van der Waals surface area contributed by atoms with Crippen LogP contribution >= 0.6 is 15.9 Å². The second kappa shape index (κ2) is 7.58. The Kier molecular flexibility index (Phi) is 4.36. The third-order valence-corrected chi connectivity index (χ3v) is 7.37. The van der Waals surface area contributed by atoms with Gasteiger partial charge in [0.15, 0.2) is 0 Å². The number of hydrogen-bond acceptors (Lipinski definition) is 1. The third kappa shape index (κ3) is 2.92. The summed E-state index contributed by atoms with van der Waals surface area (Å²) >= 11 is 3.54. The van der Waals surface area contributed by atoms with E-state index in [4.69, 9.17) is 0 Å². The molecule has 0 atom stereocenters. The molecule has 0 amide bonds. The lowest BCUT2D eigenvalue weighted by Gasteiger charge is -2.34. The molecule has 0 spiro atoms. The van der Waals surface area contributed by atoms with Gasteiger partial charge in [-0.1, -0.05) is 107 Å². The summed E-state index contributed by atoms with van der Waals surface area (Å²) in [7, 11) is 0. The zero-order chi connectivity index (χ0) is 22.6. The van der Waals surface area contributed by atoms with Gasteiger partial charge in [-0.25, -0.2) is 0 Å². The molecule has 6 aromatic carbocycles. The highest BCUT2D eigenvalue weighted by molar-refractivity contribution is 9.10. The Balaban J connectivity index is 1.50. The van der Waals surface area contributed by atoms with Crippen LogP contribution in [0.2, 0.25) is 0 Å². The monoisotopic (exact) mass is 497 g/mol. The lowest BCUT2D eigenvalue weighted by Crippen LogP contribution is -2.15. The van der Waals surface area contributed by atoms with E-state index < -0.39 is 0 Å². The number of rotatable bonds is 2. The molecule has 0 N–H and O–H groups in total. The van der Waals surface area contributed by atoms with Crippen LogP contribution in [0.15, 0.2) is 126 Å². The van der Waals surface area contributed by atoms with Crippen molar-refractivity contribution in [3.05, 3.63) is 126 Å². The molecule has 0 bridgehead atoms. The van der Waals surface area contributed by atoms with Gasteiger partial charge in [-0.15, -0.1) is 0 Å². The number of halogens is 1. The van der Waals surface area contributed by atoms with Crippen molar-refractivity contribution in [1.29, 1.82) is 0 Å². The first-order valence-electron chi connectivity index (χ1n) is 11.5. The van der Waals surface area contributed by atoms with Crippen LogP contribution < -0.4 is 4.90 Å². The normalized spacial score (nSPS) is 12.2. The van der Waals surface area contributed by atoms with Crippen LogP contribution in [0, 0.1) is 0 Å². The number of hydrogen-bond donors (Lipinski definition) is 0. The van der Waals surface area contributed by atoms with E-state index in [1.807, 2.05) is 0 Å². The second-order valence-electron chi connectivity index (χ2n) is 8.75. The molecule has 0 radical (unpaired) electrons. The van der Waals surface area contributed by atoms with Crippen LogP contribution in [-0.4, -0.2) is 0 Å². The van der Waals surface area contributed by atoms with Gasteiger partial charge in [0.1, 0.15) is 0 Å². The first-order chi connectivity index (χ1) is 16.8. The summed E-state index contributed by atoms with van der Waals surface area (Å²) < 4.78 is 1.09. The molecule has 34 heavy (non-hydrogen) atoms. The van der Waals surface area contributed by atoms with Crippen LogP contribution in [0.5, 0.6) is 0 Å². The van der Waals surface area contributed by atoms with Gasteiger partial charge in [0.05, 0.1) is 11.4 Å². The first-order valence-corrected chi connectivity index (χ1v) is 12.3. The molecule has 0 saturated carbocycles. The van der Waals surface area contributed by atoms with Gasteiger partial charge in [-0.05, 0) is 57.8 Å². The van der Waals surface area contributed by atoms with E-state index in [9.17, 15) is 0 Å². The maximum atomic E-state index is 3.54. The van der Waals surface area contributed by atoms with Crippen molar-refractivity contribution in [2.45, 2.75) is 0 Å². The molecule has 1 nitrogen and oxygen atoms in total. The SMILES string of the molecule is Brc1ccc(-c2ccc(N3c4c(ccc5ccccc45)-c4cccc5cccc3c45)cc2)cc1. The molecule has 0 unspecified atom stereocenters. The summed E-state index contributed by atoms with van der Waals surface area (Å²) in [5.41, 5.74) is 8.66. The molecule has 7 rings (SSSR count).